The fourth-order valence-corrected chi connectivity index (χ4v) is 3.11. The van der Waals surface area contributed by atoms with Gasteiger partial charge < -0.3 is 10.8 Å². The molecule has 6 heteroatoms. The van der Waals surface area contributed by atoms with Gasteiger partial charge in [0.1, 0.15) is 5.01 Å². The molecule has 0 radical (unpaired) electrons. The van der Waals surface area contributed by atoms with Crippen LogP contribution in [0.5, 0.6) is 0 Å². The first-order valence-corrected chi connectivity index (χ1v) is 6.92. The van der Waals surface area contributed by atoms with Crippen LogP contribution in [0.2, 0.25) is 0 Å². The SMILES string of the molecule is Cc1nnc(SCC(O)c2ccc(N)cc2)s1. The van der Waals surface area contributed by atoms with E-state index in [4.69, 9.17) is 5.73 Å². The van der Waals surface area contributed by atoms with Crippen molar-refractivity contribution in [3.05, 3.63) is 34.8 Å². The lowest BCUT2D eigenvalue weighted by molar-refractivity contribution is 0.204. The smallest absolute Gasteiger partial charge is 0.174 e. The van der Waals surface area contributed by atoms with Crippen LogP contribution in [0.4, 0.5) is 5.69 Å². The third-order valence-corrected chi connectivity index (χ3v) is 4.24. The molecule has 2 aromatic rings. The van der Waals surface area contributed by atoms with Crippen molar-refractivity contribution in [1.29, 1.82) is 0 Å². The zero-order valence-corrected chi connectivity index (χ0v) is 11.0. The number of nitrogens with zero attached hydrogens (tertiary/aromatic N) is 2. The fourth-order valence-electron chi connectivity index (χ4n) is 1.30. The van der Waals surface area contributed by atoms with Crippen LogP contribution < -0.4 is 5.73 Å². The molecule has 1 aromatic carbocycles. The quantitative estimate of drug-likeness (QED) is 0.656. The van der Waals surface area contributed by atoms with Crippen molar-refractivity contribution in [2.75, 3.05) is 11.5 Å². The summed E-state index contributed by atoms with van der Waals surface area (Å²) in [4.78, 5) is 0. The predicted molar refractivity (Wildman–Crippen MR) is 71.2 cm³/mol. The number of hydrogen-bond acceptors (Lipinski definition) is 6. The fraction of sp³-hybridized carbons (Fsp3) is 0.273. The van der Waals surface area contributed by atoms with Gasteiger partial charge in [-0.15, -0.1) is 10.2 Å². The van der Waals surface area contributed by atoms with E-state index in [-0.39, 0.29) is 0 Å². The summed E-state index contributed by atoms with van der Waals surface area (Å²) in [6.45, 7) is 1.91. The van der Waals surface area contributed by atoms with Crippen LogP contribution in [0.1, 0.15) is 16.7 Å². The lowest BCUT2D eigenvalue weighted by Gasteiger charge is -2.09. The van der Waals surface area contributed by atoms with Gasteiger partial charge >= 0.3 is 0 Å². The van der Waals surface area contributed by atoms with Crippen LogP contribution in [0, 0.1) is 6.92 Å². The van der Waals surface area contributed by atoms with E-state index in [1.54, 1.807) is 12.1 Å². The second-order valence-corrected chi connectivity index (χ2v) is 6.03. The summed E-state index contributed by atoms with van der Waals surface area (Å²) in [6.07, 6.45) is -0.509. The Morgan fingerprint density at radius 1 is 1.35 bits per heavy atom. The number of benzene rings is 1. The highest BCUT2D eigenvalue weighted by molar-refractivity contribution is 8.01. The van der Waals surface area contributed by atoms with E-state index in [2.05, 4.69) is 10.2 Å². The number of nitrogens with two attached hydrogens (primary N) is 1. The molecule has 0 saturated carbocycles. The molecule has 2 rings (SSSR count). The molecule has 1 heterocycles. The van der Waals surface area contributed by atoms with Crippen LogP contribution in [0.3, 0.4) is 0 Å². The molecule has 0 aliphatic rings. The number of aliphatic hydroxyl groups is 1. The van der Waals surface area contributed by atoms with Gasteiger partial charge in [0, 0.05) is 11.4 Å². The van der Waals surface area contributed by atoms with E-state index in [9.17, 15) is 5.11 Å². The topological polar surface area (TPSA) is 72.0 Å². The predicted octanol–water partition coefficient (Wildman–Crippen LogP) is 2.25. The molecular weight excluding hydrogens is 254 g/mol. The minimum absolute atomic E-state index is 0.509. The molecule has 0 amide bonds. The third-order valence-electron chi connectivity index (χ3n) is 2.19. The molecule has 0 spiro atoms. The zero-order chi connectivity index (χ0) is 12.3. The van der Waals surface area contributed by atoms with Crippen molar-refractivity contribution >= 4 is 28.8 Å². The maximum Gasteiger partial charge on any atom is 0.174 e. The van der Waals surface area contributed by atoms with Crippen LogP contribution in [-0.4, -0.2) is 21.1 Å². The molecule has 17 heavy (non-hydrogen) atoms. The molecule has 1 atom stereocenters. The monoisotopic (exact) mass is 267 g/mol. The highest BCUT2D eigenvalue weighted by atomic mass is 32.2. The summed E-state index contributed by atoms with van der Waals surface area (Å²) in [5.41, 5.74) is 7.16. The number of nitrogen functional groups attached to an aromatic ring is 1. The number of aliphatic hydroxyl groups excluding tert-OH is 1. The van der Waals surface area contributed by atoms with Crippen molar-refractivity contribution in [2.24, 2.45) is 0 Å². The van der Waals surface area contributed by atoms with Crippen LogP contribution in [0.15, 0.2) is 28.6 Å². The summed E-state index contributed by atoms with van der Waals surface area (Å²) in [5.74, 6) is 0.568. The number of rotatable bonds is 4. The Balaban J connectivity index is 1.93. The lowest BCUT2D eigenvalue weighted by Crippen LogP contribution is -2.00. The van der Waals surface area contributed by atoms with Crippen LogP contribution in [0.25, 0.3) is 0 Å². The highest BCUT2D eigenvalue weighted by Gasteiger charge is 2.09. The third kappa shape index (κ3) is 3.42. The Hall–Kier alpha value is -1.11. The van der Waals surface area contributed by atoms with Gasteiger partial charge in [-0.2, -0.15) is 0 Å². The van der Waals surface area contributed by atoms with Gasteiger partial charge in [0.05, 0.1) is 6.10 Å². The average Bonchev–Trinajstić information content (AvgIpc) is 2.73. The summed E-state index contributed by atoms with van der Waals surface area (Å²) >= 11 is 3.05. The molecule has 3 N–H and O–H groups in total. The standard InChI is InChI=1S/C11H13N3OS2/c1-7-13-14-11(17-7)16-6-10(15)8-2-4-9(12)5-3-8/h2-5,10,15H,6,12H2,1H3. The summed E-state index contributed by atoms with van der Waals surface area (Å²) in [5, 5.41) is 18.8. The van der Waals surface area contributed by atoms with Gasteiger partial charge in [-0.3, -0.25) is 0 Å². The maximum atomic E-state index is 9.97. The van der Waals surface area contributed by atoms with Crippen molar-refractivity contribution in [3.63, 3.8) is 0 Å². The van der Waals surface area contributed by atoms with E-state index in [1.807, 2.05) is 19.1 Å². The first-order valence-electron chi connectivity index (χ1n) is 5.11. The normalized spacial score (nSPS) is 12.6. The summed E-state index contributed by atoms with van der Waals surface area (Å²) < 4.78 is 0.886. The molecular formula is C11H13N3OS2. The second kappa shape index (κ2) is 5.48. The van der Waals surface area contributed by atoms with Gasteiger partial charge in [-0.05, 0) is 24.6 Å². The van der Waals surface area contributed by atoms with E-state index >= 15 is 0 Å². The molecule has 90 valence electrons. The molecule has 1 unspecified atom stereocenters. The number of hydrogen-bond donors (Lipinski definition) is 2. The second-order valence-electron chi connectivity index (χ2n) is 3.58. The Bertz CT molecular complexity index is 484. The van der Waals surface area contributed by atoms with E-state index in [0.717, 1.165) is 14.9 Å². The Kier molecular flexibility index (Phi) is 3.98. The van der Waals surface area contributed by atoms with Crippen molar-refractivity contribution in [3.8, 4) is 0 Å². The maximum absolute atomic E-state index is 9.97. The van der Waals surface area contributed by atoms with E-state index in [1.165, 1.54) is 23.1 Å². The molecule has 4 nitrogen and oxygen atoms in total. The molecule has 0 bridgehead atoms. The Labute approximate surface area is 108 Å². The summed E-state index contributed by atoms with van der Waals surface area (Å²) in [6, 6.07) is 7.26. The largest absolute Gasteiger partial charge is 0.399 e. The van der Waals surface area contributed by atoms with Gasteiger partial charge in [-0.1, -0.05) is 35.2 Å². The number of aromatic nitrogens is 2. The van der Waals surface area contributed by atoms with Crippen molar-refractivity contribution in [2.45, 2.75) is 17.4 Å². The van der Waals surface area contributed by atoms with Gasteiger partial charge in [-0.25, -0.2) is 0 Å². The molecule has 0 fully saturated rings. The molecule has 0 aliphatic carbocycles. The van der Waals surface area contributed by atoms with Crippen molar-refractivity contribution in [1.82, 2.24) is 10.2 Å². The first-order chi connectivity index (χ1) is 8.15. The number of thioether (sulfide) groups is 1. The Morgan fingerprint density at radius 2 is 2.06 bits per heavy atom. The molecule has 0 saturated heterocycles. The van der Waals surface area contributed by atoms with Gasteiger partial charge in [0.15, 0.2) is 4.34 Å². The van der Waals surface area contributed by atoms with E-state index in [0.29, 0.717) is 11.4 Å². The lowest BCUT2D eigenvalue weighted by atomic mass is 10.1. The number of anilines is 1. The highest BCUT2D eigenvalue weighted by Crippen LogP contribution is 2.27. The van der Waals surface area contributed by atoms with Gasteiger partial charge in [0.2, 0.25) is 0 Å². The zero-order valence-electron chi connectivity index (χ0n) is 9.33. The van der Waals surface area contributed by atoms with E-state index < -0.39 is 6.10 Å². The average molecular weight is 267 g/mol. The minimum atomic E-state index is -0.509. The van der Waals surface area contributed by atoms with Crippen LogP contribution >= 0.6 is 23.1 Å². The minimum Gasteiger partial charge on any atom is -0.399 e. The van der Waals surface area contributed by atoms with Crippen molar-refractivity contribution < 1.29 is 5.11 Å². The summed E-state index contributed by atoms with van der Waals surface area (Å²) in [7, 11) is 0. The first kappa shape index (κ1) is 12.3. The molecule has 0 aliphatic heterocycles. The molecule has 1 aromatic heterocycles. The number of aryl methyl sites for hydroxylation is 1. The van der Waals surface area contributed by atoms with Crippen LogP contribution in [-0.2, 0) is 0 Å². The Morgan fingerprint density at radius 3 is 2.65 bits per heavy atom. The van der Waals surface area contributed by atoms with Gasteiger partial charge in [0.25, 0.3) is 0 Å².